The van der Waals surface area contributed by atoms with Gasteiger partial charge in [0.25, 0.3) is 5.91 Å². The molecule has 0 bridgehead atoms. The van der Waals surface area contributed by atoms with E-state index in [1.807, 2.05) is 0 Å². The summed E-state index contributed by atoms with van der Waals surface area (Å²) in [6.45, 7) is 0. The second-order valence-electron chi connectivity index (χ2n) is 8.07. The number of aromatic nitrogens is 2. The number of nitrogens with two attached hydrogens (primary N) is 1. The highest BCUT2D eigenvalue weighted by atomic mass is 35.5. The zero-order valence-electron chi connectivity index (χ0n) is 18.6. The van der Waals surface area contributed by atoms with Crippen molar-refractivity contribution in [3.63, 3.8) is 0 Å². The number of carbonyl (C=O) groups excluding carboxylic acids is 2. The molecule has 0 saturated heterocycles. The Bertz CT molecular complexity index is 1710. The fraction of sp³-hybridized carbons (Fsp3) is 0. The lowest BCUT2D eigenvalue weighted by atomic mass is 10.00. The molecular weight excluding hydrogens is 543 g/mol. The van der Waals surface area contributed by atoms with Gasteiger partial charge in [-0.1, -0.05) is 53.0 Å². The van der Waals surface area contributed by atoms with Crippen LogP contribution >= 0.6 is 34.8 Å². The number of ketones is 1. The predicted octanol–water partition coefficient (Wildman–Crippen LogP) is 7.44. The Morgan fingerprint density at radius 1 is 0.865 bits per heavy atom. The first kappa shape index (κ1) is 24.9. The van der Waals surface area contributed by atoms with Gasteiger partial charge in [-0.05, 0) is 48.0 Å². The highest BCUT2D eigenvalue weighted by molar-refractivity contribution is 6.40. The number of hydrogen-bond acceptors (Lipinski definition) is 4. The fourth-order valence-corrected chi connectivity index (χ4v) is 4.66. The minimum atomic E-state index is -1.20. The summed E-state index contributed by atoms with van der Waals surface area (Å²) in [5.41, 5.74) is 5.51. The number of halogens is 5. The number of benzene rings is 3. The topological polar surface area (TPSA) is 78.0 Å². The molecule has 2 aromatic heterocycles. The molecule has 0 aliphatic heterocycles. The normalized spacial score (nSPS) is 11.2. The number of nitrogen functional groups attached to an aromatic ring is 1. The van der Waals surface area contributed by atoms with Crippen molar-refractivity contribution in [3.05, 3.63) is 116 Å². The smallest absolute Gasteiger partial charge is 0.266 e. The summed E-state index contributed by atoms with van der Waals surface area (Å²) in [5, 5.41) is 0.862. The van der Waals surface area contributed by atoms with Crippen molar-refractivity contribution in [2.24, 2.45) is 0 Å². The van der Waals surface area contributed by atoms with E-state index in [9.17, 15) is 18.4 Å². The highest BCUT2D eigenvalue weighted by Crippen LogP contribution is 2.32. The molecular formula is C27H14Cl3F2N3O2. The van der Waals surface area contributed by atoms with Crippen LogP contribution in [0.2, 0.25) is 15.1 Å². The van der Waals surface area contributed by atoms with Crippen LogP contribution in [0, 0.1) is 11.6 Å². The Hall–Kier alpha value is -3.78. The van der Waals surface area contributed by atoms with Crippen LogP contribution in [0.3, 0.4) is 0 Å². The van der Waals surface area contributed by atoms with E-state index in [0.29, 0.717) is 16.1 Å². The summed E-state index contributed by atoms with van der Waals surface area (Å²) < 4.78 is 30.5. The molecule has 37 heavy (non-hydrogen) atoms. The number of anilines is 1. The van der Waals surface area contributed by atoms with E-state index in [4.69, 9.17) is 40.5 Å². The van der Waals surface area contributed by atoms with Crippen LogP contribution in [0.4, 0.5) is 14.5 Å². The average Bonchev–Trinajstić information content (AvgIpc) is 3.25. The quantitative estimate of drug-likeness (QED) is 0.184. The van der Waals surface area contributed by atoms with Gasteiger partial charge in [-0.15, -0.1) is 0 Å². The van der Waals surface area contributed by atoms with Crippen LogP contribution in [0.15, 0.2) is 73.1 Å². The first-order valence-electron chi connectivity index (χ1n) is 10.7. The Balaban J connectivity index is 1.77. The zero-order valence-corrected chi connectivity index (χ0v) is 20.9. The van der Waals surface area contributed by atoms with Gasteiger partial charge in [0.1, 0.15) is 11.5 Å². The van der Waals surface area contributed by atoms with Gasteiger partial charge in [-0.3, -0.25) is 14.2 Å². The molecule has 0 unspecified atom stereocenters. The van der Waals surface area contributed by atoms with Crippen LogP contribution < -0.4 is 5.73 Å². The van der Waals surface area contributed by atoms with Crippen molar-refractivity contribution >= 4 is 63.2 Å². The largest absolute Gasteiger partial charge is 0.396 e. The number of fused-ring (bicyclic) bond motifs is 1. The molecule has 5 nitrogen and oxygen atoms in total. The minimum Gasteiger partial charge on any atom is -0.396 e. The van der Waals surface area contributed by atoms with E-state index in [2.05, 4.69) is 4.98 Å². The van der Waals surface area contributed by atoms with Gasteiger partial charge in [0, 0.05) is 28.4 Å². The first-order chi connectivity index (χ1) is 17.7. The monoisotopic (exact) mass is 555 g/mol. The molecule has 3 aromatic carbocycles. The Labute approximate surface area is 224 Å². The molecule has 184 valence electrons. The lowest BCUT2D eigenvalue weighted by Gasteiger charge is -2.08. The van der Waals surface area contributed by atoms with Gasteiger partial charge < -0.3 is 5.73 Å². The number of nitrogens with zero attached hydrogens (tertiary/aromatic N) is 2. The van der Waals surface area contributed by atoms with E-state index in [-0.39, 0.29) is 32.2 Å². The molecule has 5 rings (SSSR count). The SMILES string of the molecule is Nc1ccc(F)c(C(=O)c2cn(C(=O)c3c(Cl)cccc3Cl)c3ncc(-c4ccc(Cl)cc4)cc23)c1F. The van der Waals surface area contributed by atoms with Crippen molar-refractivity contribution in [1.82, 2.24) is 9.55 Å². The van der Waals surface area contributed by atoms with Gasteiger partial charge in [-0.25, -0.2) is 13.8 Å². The lowest BCUT2D eigenvalue weighted by molar-refractivity contribution is 0.0964. The van der Waals surface area contributed by atoms with Gasteiger partial charge in [-0.2, -0.15) is 0 Å². The molecule has 0 fully saturated rings. The van der Waals surface area contributed by atoms with Crippen LogP contribution in [0.1, 0.15) is 26.3 Å². The number of pyridine rings is 1. The molecule has 5 aromatic rings. The van der Waals surface area contributed by atoms with Gasteiger partial charge in [0.05, 0.1) is 32.4 Å². The Morgan fingerprint density at radius 2 is 1.54 bits per heavy atom. The van der Waals surface area contributed by atoms with Gasteiger partial charge in [0.2, 0.25) is 5.78 Å². The van der Waals surface area contributed by atoms with Crippen LogP contribution in [-0.2, 0) is 0 Å². The molecule has 10 heteroatoms. The maximum absolute atomic E-state index is 14.8. The lowest BCUT2D eigenvalue weighted by Crippen LogP contribution is -2.13. The predicted molar refractivity (Wildman–Crippen MR) is 141 cm³/mol. The molecule has 0 amide bonds. The number of hydrogen-bond donors (Lipinski definition) is 1. The number of rotatable bonds is 4. The third kappa shape index (κ3) is 4.35. The molecule has 0 radical (unpaired) electrons. The second kappa shape index (κ2) is 9.59. The molecule has 0 saturated carbocycles. The number of carbonyl (C=O) groups is 2. The molecule has 2 N–H and O–H groups in total. The van der Waals surface area contributed by atoms with Gasteiger partial charge >= 0.3 is 0 Å². The van der Waals surface area contributed by atoms with E-state index in [1.54, 1.807) is 36.4 Å². The van der Waals surface area contributed by atoms with E-state index >= 15 is 0 Å². The summed E-state index contributed by atoms with van der Waals surface area (Å²) >= 11 is 18.5. The second-order valence-corrected chi connectivity index (χ2v) is 9.32. The molecule has 0 spiro atoms. The van der Waals surface area contributed by atoms with E-state index in [0.717, 1.165) is 22.9 Å². The van der Waals surface area contributed by atoms with Crippen molar-refractivity contribution in [2.45, 2.75) is 0 Å². The summed E-state index contributed by atoms with van der Waals surface area (Å²) in [6, 6.07) is 14.9. The molecule has 0 aliphatic rings. The Kier molecular flexibility index (Phi) is 6.45. The molecule has 0 atom stereocenters. The van der Waals surface area contributed by atoms with E-state index in [1.165, 1.54) is 18.3 Å². The van der Waals surface area contributed by atoms with E-state index < -0.39 is 34.6 Å². The first-order valence-corrected chi connectivity index (χ1v) is 11.8. The third-order valence-electron chi connectivity index (χ3n) is 5.81. The van der Waals surface area contributed by atoms with Crippen molar-refractivity contribution in [2.75, 3.05) is 5.73 Å². The van der Waals surface area contributed by atoms with Crippen LogP contribution in [0.5, 0.6) is 0 Å². The van der Waals surface area contributed by atoms with Gasteiger partial charge in [0.15, 0.2) is 5.82 Å². The molecule has 0 aliphatic carbocycles. The summed E-state index contributed by atoms with van der Waals surface area (Å²) in [6.07, 6.45) is 2.66. The molecule has 2 heterocycles. The third-order valence-corrected chi connectivity index (χ3v) is 6.69. The maximum atomic E-state index is 14.8. The van der Waals surface area contributed by atoms with Crippen LogP contribution in [0.25, 0.3) is 22.2 Å². The highest BCUT2D eigenvalue weighted by Gasteiger charge is 2.28. The summed E-state index contributed by atoms with van der Waals surface area (Å²) in [7, 11) is 0. The Morgan fingerprint density at radius 3 is 2.22 bits per heavy atom. The standard InChI is InChI=1S/C27H14Cl3F2N3O2/c28-15-6-4-13(5-7-15)14-10-16-17(25(36)23-20(31)8-9-21(33)24(23)32)12-35(26(16)34-11-14)27(37)22-18(29)2-1-3-19(22)30/h1-12H,33H2. The average molecular weight is 557 g/mol. The fourth-order valence-electron chi connectivity index (χ4n) is 3.98. The maximum Gasteiger partial charge on any atom is 0.266 e. The van der Waals surface area contributed by atoms with Crippen molar-refractivity contribution < 1.29 is 18.4 Å². The minimum absolute atomic E-state index is 0.0216. The van der Waals surface area contributed by atoms with Crippen LogP contribution in [-0.4, -0.2) is 21.2 Å². The van der Waals surface area contributed by atoms with Crippen molar-refractivity contribution in [3.8, 4) is 11.1 Å². The summed E-state index contributed by atoms with van der Waals surface area (Å²) in [4.78, 5) is 31.4. The zero-order chi connectivity index (χ0) is 26.4. The van der Waals surface area contributed by atoms with Crippen molar-refractivity contribution in [1.29, 1.82) is 0 Å². The summed E-state index contributed by atoms with van der Waals surface area (Å²) in [5.74, 6) is -3.99.